The first-order valence-electron chi connectivity index (χ1n) is 10.3. The fourth-order valence-electron chi connectivity index (χ4n) is 3.75. The maximum Gasteiger partial charge on any atom is 0.249 e. The van der Waals surface area contributed by atoms with E-state index < -0.39 is 6.04 Å². The van der Waals surface area contributed by atoms with E-state index in [0.29, 0.717) is 24.5 Å². The van der Waals surface area contributed by atoms with Crippen molar-refractivity contribution in [1.82, 2.24) is 15.3 Å². The van der Waals surface area contributed by atoms with E-state index in [2.05, 4.69) is 27.4 Å². The van der Waals surface area contributed by atoms with Crippen molar-refractivity contribution in [2.45, 2.75) is 45.6 Å². The maximum atomic E-state index is 12.2. The third-order valence-corrected chi connectivity index (χ3v) is 5.69. The average molecular weight is 393 g/mol. The van der Waals surface area contributed by atoms with Crippen LogP contribution in [0.3, 0.4) is 0 Å². The smallest absolute Gasteiger partial charge is 0.249 e. The third-order valence-electron chi connectivity index (χ3n) is 5.69. The van der Waals surface area contributed by atoms with Gasteiger partial charge in [-0.05, 0) is 32.1 Å². The molecule has 4 rings (SSSR count). The first kappa shape index (κ1) is 19.4. The molecule has 2 fully saturated rings. The molecule has 0 saturated carbocycles. The number of benzene rings is 1. The lowest BCUT2D eigenvalue weighted by molar-refractivity contribution is -0.133. The Morgan fingerprint density at radius 1 is 1.07 bits per heavy atom. The monoisotopic (exact) mass is 393 g/mol. The van der Waals surface area contributed by atoms with Crippen molar-refractivity contribution in [2.75, 3.05) is 23.3 Å². The van der Waals surface area contributed by atoms with E-state index in [1.165, 1.54) is 5.56 Å². The molecule has 7 heteroatoms. The van der Waals surface area contributed by atoms with Gasteiger partial charge in [-0.25, -0.2) is 9.97 Å². The predicted molar refractivity (Wildman–Crippen MR) is 113 cm³/mol. The van der Waals surface area contributed by atoms with Gasteiger partial charge in [0.05, 0.1) is 0 Å². The number of carbonyl (C=O) groups is 2. The molecule has 29 heavy (non-hydrogen) atoms. The highest BCUT2D eigenvalue weighted by molar-refractivity contribution is 6.01. The number of aryl methyl sites for hydroxylation is 1. The van der Waals surface area contributed by atoms with Crippen LogP contribution in [0.5, 0.6) is 0 Å². The molecule has 0 bridgehead atoms. The molecular weight excluding hydrogens is 366 g/mol. The Morgan fingerprint density at radius 3 is 2.48 bits per heavy atom. The van der Waals surface area contributed by atoms with Crippen molar-refractivity contribution in [3.63, 3.8) is 0 Å². The quantitative estimate of drug-likeness (QED) is 0.777. The van der Waals surface area contributed by atoms with E-state index in [9.17, 15) is 9.59 Å². The van der Waals surface area contributed by atoms with Crippen LogP contribution in [0, 0.1) is 12.8 Å². The molecule has 152 valence electrons. The Morgan fingerprint density at radius 2 is 1.79 bits per heavy atom. The van der Waals surface area contributed by atoms with Gasteiger partial charge in [0.25, 0.3) is 0 Å². The number of piperidine rings is 2. The normalized spacial score (nSPS) is 20.5. The topological polar surface area (TPSA) is 87.2 Å². The Labute approximate surface area is 170 Å². The van der Waals surface area contributed by atoms with E-state index in [1.54, 1.807) is 0 Å². The summed E-state index contributed by atoms with van der Waals surface area (Å²) < 4.78 is 0. The van der Waals surface area contributed by atoms with Crippen molar-refractivity contribution >= 4 is 23.5 Å². The molecule has 0 aliphatic carbocycles. The molecule has 0 radical (unpaired) electrons. The zero-order valence-corrected chi connectivity index (χ0v) is 16.9. The molecular formula is C22H27N5O2. The first-order valence-corrected chi connectivity index (χ1v) is 10.3. The van der Waals surface area contributed by atoms with E-state index in [4.69, 9.17) is 4.98 Å². The second kappa shape index (κ2) is 8.19. The van der Waals surface area contributed by atoms with Gasteiger partial charge in [0.2, 0.25) is 11.8 Å². The minimum absolute atomic E-state index is 0.223. The third kappa shape index (κ3) is 4.55. The van der Waals surface area contributed by atoms with Crippen LogP contribution in [-0.2, 0) is 9.59 Å². The predicted octanol–water partition coefficient (Wildman–Crippen LogP) is 2.91. The molecule has 0 spiro atoms. The first-order chi connectivity index (χ1) is 14.0. The van der Waals surface area contributed by atoms with Crippen LogP contribution in [0.15, 0.2) is 30.3 Å². The van der Waals surface area contributed by atoms with Gasteiger partial charge in [0.15, 0.2) is 5.82 Å². The van der Waals surface area contributed by atoms with Crippen molar-refractivity contribution in [3.05, 3.63) is 35.9 Å². The Balaban J connectivity index is 1.65. The molecule has 2 aliphatic rings. The average Bonchev–Trinajstić information content (AvgIpc) is 2.71. The zero-order chi connectivity index (χ0) is 20.4. The van der Waals surface area contributed by atoms with Gasteiger partial charge in [0.1, 0.15) is 17.7 Å². The number of hydrogen-bond acceptors (Lipinski definition) is 6. The summed E-state index contributed by atoms with van der Waals surface area (Å²) in [6.07, 6.45) is 3.07. The van der Waals surface area contributed by atoms with Gasteiger partial charge in [-0.1, -0.05) is 36.8 Å². The zero-order valence-electron chi connectivity index (χ0n) is 16.9. The van der Waals surface area contributed by atoms with Gasteiger partial charge in [-0.2, -0.15) is 0 Å². The van der Waals surface area contributed by atoms with Gasteiger partial charge in [-0.15, -0.1) is 0 Å². The number of nitrogens with one attached hydrogen (secondary N) is 2. The van der Waals surface area contributed by atoms with Gasteiger partial charge < -0.3 is 10.2 Å². The van der Waals surface area contributed by atoms with Crippen LogP contribution in [0.4, 0.5) is 11.6 Å². The van der Waals surface area contributed by atoms with Crippen LogP contribution >= 0.6 is 0 Å². The summed E-state index contributed by atoms with van der Waals surface area (Å²) in [6, 6.07) is 9.56. The summed E-state index contributed by atoms with van der Waals surface area (Å²) in [5.41, 5.74) is 2.12. The molecule has 3 heterocycles. The Hall–Kier alpha value is -2.96. The molecule has 2 aromatic rings. The largest absolute Gasteiger partial charge is 0.358 e. The lowest BCUT2D eigenvalue weighted by Crippen LogP contribution is -2.47. The van der Waals surface area contributed by atoms with E-state index >= 15 is 0 Å². The summed E-state index contributed by atoms with van der Waals surface area (Å²) in [5.74, 6) is 2.32. The summed E-state index contributed by atoms with van der Waals surface area (Å²) in [4.78, 5) is 35.4. The minimum atomic E-state index is -0.470. The number of rotatable bonds is 4. The number of anilines is 2. The van der Waals surface area contributed by atoms with Crippen molar-refractivity contribution in [1.29, 1.82) is 0 Å². The number of carbonyl (C=O) groups excluding carboxylic acids is 2. The molecule has 2 saturated heterocycles. The molecule has 1 aromatic heterocycles. The van der Waals surface area contributed by atoms with E-state index in [0.717, 1.165) is 43.2 Å². The van der Waals surface area contributed by atoms with Gasteiger partial charge in [-0.3, -0.25) is 14.9 Å². The van der Waals surface area contributed by atoms with Crippen molar-refractivity contribution < 1.29 is 9.59 Å². The lowest BCUT2D eigenvalue weighted by Gasteiger charge is -2.31. The van der Waals surface area contributed by atoms with Crippen LogP contribution in [0.25, 0.3) is 11.4 Å². The standard InChI is InChI=1S/C22H27N5O2/c1-14-3-5-16(6-4-14)21-24-18(23-17-7-8-20(28)26-22(17)29)13-19(25-21)27-11-9-15(2)10-12-27/h3-6,13,15,17H,7-12H2,1-2H3,(H,23,24,25)(H,26,28,29). The second-order valence-corrected chi connectivity index (χ2v) is 8.12. The molecule has 7 nitrogen and oxygen atoms in total. The molecule has 2 N–H and O–H groups in total. The maximum absolute atomic E-state index is 12.2. The second-order valence-electron chi connectivity index (χ2n) is 8.12. The number of aromatic nitrogens is 2. The summed E-state index contributed by atoms with van der Waals surface area (Å²) in [5, 5.41) is 5.61. The summed E-state index contributed by atoms with van der Waals surface area (Å²) in [7, 11) is 0. The molecule has 1 unspecified atom stereocenters. The molecule has 1 aromatic carbocycles. The van der Waals surface area contributed by atoms with E-state index in [-0.39, 0.29) is 11.8 Å². The molecule has 2 aliphatic heterocycles. The lowest BCUT2D eigenvalue weighted by atomic mass is 9.99. The van der Waals surface area contributed by atoms with Crippen LogP contribution in [0.1, 0.15) is 38.2 Å². The number of nitrogens with zero attached hydrogens (tertiary/aromatic N) is 3. The van der Waals surface area contributed by atoms with Gasteiger partial charge >= 0.3 is 0 Å². The summed E-state index contributed by atoms with van der Waals surface area (Å²) >= 11 is 0. The molecule has 2 amide bonds. The van der Waals surface area contributed by atoms with Crippen LogP contribution in [0.2, 0.25) is 0 Å². The minimum Gasteiger partial charge on any atom is -0.358 e. The van der Waals surface area contributed by atoms with E-state index in [1.807, 2.05) is 37.3 Å². The van der Waals surface area contributed by atoms with Crippen LogP contribution < -0.4 is 15.5 Å². The fourth-order valence-corrected chi connectivity index (χ4v) is 3.75. The number of imide groups is 1. The highest BCUT2D eigenvalue weighted by atomic mass is 16.2. The highest BCUT2D eigenvalue weighted by Gasteiger charge is 2.27. The SMILES string of the molecule is Cc1ccc(-c2nc(NC3CCC(=O)NC3=O)cc(N3CCC(C)CC3)n2)cc1. The van der Waals surface area contributed by atoms with Crippen molar-refractivity contribution in [3.8, 4) is 11.4 Å². The van der Waals surface area contributed by atoms with Crippen molar-refractivity contribution in [2.24, 2.45) is 5.92 Å². The number of amides is 2. The highest BCUT2D eigenvalue weighted by Crippen LogP contribution is 2.27. The molecule has 1 atom stereocenters. The Kier molecular flexibility index (Phi) is 5.47. The van der Waals surface area contributed by atoms with Crippen LogP contribution in [-0.4, -0.2) is 40.9 Å². The fraction of sp³-hybridized carbons (Fsp3) is 0.455. The number of hydrogen-bond donors (Lipinski definition) is 2. The Bertz CT molecular complexity index is 904. The summed E-state index contributed by atoms with van der Waals surface area (Å²) in [6.45, 7) is 6.25. The van der Waals surface area contributed by atoms with Gasteiger partial charge in [0, 0.05) is 31.1 Å².